The molecular weight excluding hydrogens is 242 g/mol. The second-order valence-corrected chi connectivity index (χ2v) is 5.30. The second-order valence-electron chi connectivity index (χ2n) is 4.16. The molecule has 0 fully saturated rings. The lowest BCUT2D eigenvalue weighted by Crippen LogP contribution is -2.06. The van der Waals surface area contributed by atoms with Crippen molar-refractivity contribution in [1.82, 2.24) is 5.32 Å². The molecule has 0 aliphatic rings. The second kappa shape index (κ2) is 6.69. The van der Waals surface area contributed by atoms with Gasteiger partial charge in [0.25, 0.3) is 0 Å². The highest BCUT2D eigenvalue weighted by Crippen LogP contribution is 2.31. The Morgan fingerprint density at radius 2 is 2.22 bits per heavy atom. The van der Waals surface area contributed by atoms with Crippen molar-refractivity contribution in [2.24, 2.45) is 0 Å². The number of rotatable bonds is 7. The summed E-state index contributed by atoms with van der Waals surface area (Å²) in [5.74, 6) is 0. The first-order chi connectivity index (χ1) is 8.86. The van der Waals surface area contributed by atoms with E-state index in [1.165, 1.54) is 20.5 Å². The quantitative estimate of drug-likeness (QED) is 0.606. The maximum Gasteiger partial charge on any atom is 0.0734 e. The SMILES string of the molecule is C=CCCOCc1c(CNC)sc2ccccc12. The number of benzene rings is 1. The highest BCUT2D eigenvalue weighted by atomic mass is 32.1. The molecule has 2 rings (SSSR count). The van der Waals surface area contributed by atoms with Crippen LogP contribution in [0.15, 0.2) is 36.9 Å². The minimum Gasteiger partial charge on any atom is -0.376 e. The van der Waals surface area contributed by atoms with Crippen LogP contribution in [0, 0.1) is 0 Å². The van der Waals surface area contributed by atoms with Crippen LogP contribution in [0.5, 0.6) is 0 Å². The van der Waals surface area contributed by atoms with E-state index in [-0.39, 0.29) is 0 Å². The topological polar surface area (TPSA) is 21.3 Å². The molecule has 1 aromatic carbocycles. The Kier molecular flexibility index (Phi) is 4.93. The van der Waals surface area contributed by atoms with Crippen LogP contribution in [0.3, 0.4) is 0 Å². The average Bonchev–Trinajstić information content (AvgIpc) is 2.73. The van der Waals surface area contributed by atoms with Gasteiger partial charge in [-0.15, -0.1) is 17.9 Å². The molecule has 0 bridgehead atoms. The van der Waals surface area contributed by atoms with Gasteiger partial charge in [0.05, 0.1) is 13.2 Å². The summed E-state index contributed by atoms with van der Waals surface area (Å²) in [7, 11) is 1.98. The molecule has 0 amide bonds. The Labute approximate surface area is 112 Å². The van der Waals surface area contributed by atoms with Crippen LogP contribution in [-0.4, -0.2) is 13.7 Å². The van der Waals surface area contributed by atoms with Crippen molar-refractivity contribution in [2.45, 2.75) is 19.6 Å². The van der Waals surface area contributed by atoms with Gasteiger partial charge in [-0.1, -0.05) is 24.3 Å². The van der Waals surface area contributed by atoms with Gasteiger partial charge in [-0.25, -0.2) is 0 Å². The number of hydrogen-bond donors (Lipinski definition) is 1. The number of fused-ring (bicyclic) bond motifs is 1. The van der Waals surface area contributed by atoms with Crippen molar-refractivity contribution in [3.63, 3.8) is 0 Å². The molecule has 0 atom stereocenters. The Balaban J connectivity index is 2.21. The lowest BCUT2D eigenvalue weighted by Gasteiger charge is -2.05. The molecule has 1 N–H and O–H groups in total. The summed E-state index contributed by atoms with van der Waals surface area (Å²) < 4.78 is 7.06. The molecule has 0 saturated heterocycles. The maximum absolute atomic E-state index is 5.72. The molecule has 0 aliphatic carbocycles. The van der Waals surface area contributed by atoms with Gasteiger partial charge in [0.2, 0.25) is 0 Å². The molecule has 18 heavy (non-hydrogen) atoms. The first kappa shape index (κ1) is 13.3. The van der Waals surface area contributed by atoms with Crippen molar-refractivity contribution in [3.8, 4) is 0 Å². The van der Waals surface area contributed by atoms with E-state index in [1.807, 2.05) is 24.5 Å². The third-order valence-electron chi connectivity index (χ3n) is 2.83. The first-order valence-corrected chi connectivity index (χ1v) is 7.01. The van der Waals surface area contributed by atoms with Gasteiger partial charge < -0.3 is 10.1 Å². The summed E-state index contributed by atoms with van der Waals surface area (Å²) in [5.41, 5.74) is 1.33. The standard InChI is InChI=1S/C15H19NOS/c1-3-4-9-17-11-13-12-7-5-6-8-14(12)18-15(13)10-16-2/h3,5-8,16H,1,4,9-11H2,2H3. The molecule has 2 nitrogen and oxygen atoms in total. The van der Waals surface area contributed by atoms with Gasteiger partial charge in [-0.05, 0) is 24.9 Å². The summed E-state index contributed by atoms with van der Waals surface area (Å²) in [4.78, 5) is 1.37. The fraction of sp³-hybridized carbons (Fsp3) is 0.333. The lowest BCUT2D eigenvalue weighted by atomic mass is 10.1. The van der Waals surface area contributed by atoms with E-state index in [0.29, 0.717) is 6.61 Å². The predicted octanol–water partition coefficient (Wildman–Crippen LogP) is 3.71. The van der Waals surface area contributed by atoms with Crippen molar-refractivity contribution in [1.29, 1.82) is 0 Å². The van der Waals surface area contributed by atoms with E-state index in [1.54, 1.807) is 0 Å². The van der Waals surface area contributed by atoms with Gasteiger partial charge in [0.15, 0.2) is 0 Å². The monoisotopic (exact) mass is 261 g/mol. The lowest BCUT2D eigenvalue weighted by molar-refractivity contribution is 0.126. The van der Waals surface area contributed by atoms with Gasteiger partial charge >= 0.3 is 0 Å². The normalized spacial score (nSPS) is 10.9. The molecule has 3 heteroatoms. The van der Waals surface area contributed by atoms with Crippen molar-refractivity contribution < 1.29 is 4.74 Å². The highest BCUT2D eigenvalue weighted by Gasteiger charge is 2.10. The zero-order chi connectivity index (χ0) is 12.8. The highest BCUT2D eigenvalue weighted by molar-refractivity contribution is 7.19. The van der Waals surface area contributed by atoms with Crippen molar-refractivity contribution >= 4 is 21.4 Å². The number of nitrogens with one attached hydrogen (secondary N) is 1. The third-order valence-corrected chi connectivity index (χ3v) is 4.05. The van der Waals surface area contributed by atoms with Gasteiger partial charge in [0, 0.05) is 21.7 Å². The number of ether oxygens (including phenoxy) is 1. The molecule has 1 heterocycles. The van der Waals surface area contributed by atoms with Crippen LogP contribution < -0.4 is 5.32 Å². The summed E-state index contributed by atoms with van der Waals surface area (Å²) >= 11 is 1.85. The van der Waals surface area contributed by atoms with Gasteiger partial charge in [0.1, 0.15) is 0 Å². The van der Waals surface area contributed by atoms with Crippen LogP contribution in [0.25, 0.3) is 10.1 Å². The van der Waals surface area contributed by atoms with Crippen LogP contribution in [0.1, 0.15) is 16.9 Å². The molecular formula is C15H19NOS. The van der Waals surface area contributed by atoms with Crippen molar-refractivity contribution in [3.05, 3.63) is 47.4 Å². The predicted molar refractivity (Wildman–Crippen MR) is 79.1 cm³/mol. The smallest absolute Gasteiger partial charge is 0.0734 e. The molecule has 0 spiro atoms. The van der Waals surface area contributed by atoms with E-state index in [4.69, 9.17) is 4.74 Å². The van der Waals surface area contributed by atoms with E-state index in [9.17, 15) is 0 Å². The molecule has 0 aliphatic heterocycles. The van der Waals surface area contributed by atoms with Crippen LogP contribution in [0.2, 0.25) is 0 Å². The fourth-order valence-corrected chi connectivity index (χ4v) is 3.17. The molecule has 2 aromatic rings. The Hall–Kier alpha value is -1.16. The largest absolute Gasteiger partial charge is 0.376 e. The first-order valence-electron chi connectivity index (χ1n) is 6.19. The molecule has 0 unspecified atom stereocenters. The summed E-state index contributed by atoms with van der Waals surface area (Å²) in [5, 5.41) is 4.55. The van der Waals surface area contributed by atoms with E-state index >= 15 is 0 Å². The molecule has 1 aromatic heterocycles. The van der Waals surface area contributed by atoms with Gasteiger partial charge in [-0.3, -0.25) is 0 Å². The van der Waals surface area contributed by atoms with Crippen LogP contribution in [-0.2, 0) is 17.9 Å². The fourth-order valence-electron chi connectivity index (χ4n) is 1.95. The zero-order valence-corrected chi connectivity index (χ0v) is 11.6. The Morgan fingerprint density at radius 3 is 3.00 bits per heavy atom. The van der Waals surface area contributed by atoms with Crippen LogP contribution >= 0.6 is 11.3 Å². The average molecular weight is 261 g/mol. The van der Waals surface area contributed by atoms with Crippen LogP contribution in [0.4, 0.5) is 0 Å². The minimum absolute atomic E-state index is 0.689. The molecule has 0 saturated carbocycles. The summed E-state index contributed by atoms with van der Waals surface area (Å²) in [6.45, 7) is 6.04. The van der Waals surface area contributed by atoms with E-state index in [2.05, 4.69) is 36.2 Å². The zero-order valence-electron chi connectivity index (χ0n) is 10.7. The van der Waals surface area contributed by atoms with Gasteiger partial charge in [-0.2, -0.15) is 0 Å². The Morgan fingerprint density at radius 1 is 1.39 bits per heavy atom. The number of thiophene rings is 1. The third kappa shape index (κ3) is 2.99. The summed E-state index contributed by atoms with van der Waals surface area (Å²) in [6.07, 6.45) is 2.80. The molecule has 0 radical (unpaired) electrons. The molecule has 96 valence electrons. The summed E-state index contributed by atoms with van der Waals surface area (Å²) in [6, 6.07) is 8.53. The minimum atomic E-state index is 0.689. The van der Waals surface area contributed by atoms with Crippen molar-refractivity contribution in [2.75, 3.05) is 13.7 Å². The van der Waals surface area contributed by atoms with E-state index < -0.39 is 0 Å². The number of hydrogen-bond acceptors (Lipinski definition) is 3. The Bertz CT molecular complexity index is 518. The maximum atomic E-state index is 5.72. The van der Waals surface area contributed by atoms with E-state index in [0.717, 1.165) is 19.6 Å².